The SMILES string of the molecule is CCCCC[C@H](O)/C=C/[C@@H]1[C@@H](CCCCCCC(=O)O[C@H](COC(=O)CCCCCCCCCCCCCC(C)C)COP(=O)(O)O)[C@@H](O)C[C@H]1O. The molecule has 11 nitrogen and oxygen atoms in total. The minimum absolute atomic E-state index is 0.0880. The summed E-state index contributed by atoms with van der Waals surface area (Å²) < 4.78 is 26.4. The van der Waals surface area contributed by atoms with Gasteiger partial charge in [0.05, 0.1) is 24.9 Å². The van der Waals surface area contributed by atoms with Crippen LogP contribution in [0.25, 0.3) is 0 Å². The number of aliphatic hydroxyl groups excluding tert-OH is 3. The van der Waals surface area contributed by atoms with Gasteiger partial charge in [-0.05, 0) is 37.5 Å². The van der Waals surface area contributed by atoms with E-state index in [1.165, 1.54) is 51.4 Å². The maximum absolute atomic E-state index is 12.5. The Labute approximate surface area is 314 Å². The first-order valence-electron chi connectivity index (χ1n) is 20.6. The molecule has 0 aliphatic heterocycles. The Morgan fingerprint density at radius 2 is 1.27 bits per heavy atom. The Morgan fingerprint density at radius 3 is 1.85 bits per heavy atom. The highest BCUT2D eigenvalue weighted by Crippen LogP contribution is 2.38. The number of rotatable bonds is 33. The van der Waals surface area contributed by atoms with Gasteiger partial charge in [0, 0.05) is 25.2 Å². The highest BCUT2D eigenvalue weighted by molar-refractivity contribution is 7.46. The number of phosphoric acid groups is 1. The van der Waals surface area contributed by atoms with Crippen LogP contribution in [0.4, 0.5) is 0 Å². The molecule has 0 amide bonds. The Morgan fingerprint density at radius 1 is 0.731 bits per heavy atom. The van der Waals surface area contributed by atoms with Gasteiger partial charge in [-0.2, -0.15) is 0 Å². The Bertz CT molecular complexity index is 985. The summed E-state index contributed by atoms with van der Waals surface area (Å²) in [5, 5.41) is 31.2. The summed E-state index contributed by atoms with van der Waals surface area (Å²) >= 11 is 0. The molecule has 12 heteroatoms. The van der Waals surface area contributed by atoms with E-state index >= 15 is 0 Å². The van der Waals surface area contributed by atoms with E-state index in [4.69, 9.17) is 19.3 Å². The average molecular weight is 763 g/mol. The number of carbonyl (C=O) groups excluding carboxylic acids is 2. The highest BCUT2D eigenvalue weighted by atomic mass is 31.2. The number of phosphoric ester groups is 1. The molecule has 0 radical (unpaired) electrons. The maximum Gasteiger partial charge on any atom is 0.469 e. The van der Waals surface area contributed by atoms with Gasteiger partial charge in [0.25, 0.3) is 0 Å². The summed E-state index contributed by atoms with van der Waals surface area (Å²) in [5.41, 5.74) is 0. The summed E-state index contributed by atoms with van der Waals surface area (Å²) in [5.74, 6) is -0.518. The molecule has 52 heavy (non-hydrogen) atoms. The van der Waals surface area contributed by atoms with Crippen molar-refractivity contribution in [3.8, 4) is 0 Å². The first-order valence-corrected chi connectivity index (χ1v) is 22.1. The van der Waals surface area contributed by atoms with Crippen LogP contribution in [0.3, 0.4) is 0 Å². The van der Waals surface area contributed by atoms with Gasteiger partial charge >= 0.3 is 19.8 Å². The fourth-order valence-electron chi connectivity index (χ4n) is 6.95. The van der Waals surface area contributed by atoms with Gasteiger partial charge in [0.1, 0.15) is 6.61 Å². The minimum atomic E-state index is -4.81. The Balaban J connectivity index is 2.28. The van der Waals surface area contributed by atoms with Crippen LogP contribution in [0.1, 0.15) is 175 Å². The normalized spacial score (nSPS) is 20.5. The summed E-state index contributed by atoms with van der Waals surface area (Å²) in [6, 6.07) is 0. The van der Waals surface area contributed by atoms with Crippen LogP contribution in [0.5, 0.6) is 0 Å². The van der Waals surface area contributed by atoms with Crippen LogP contribution < -0.4 is 0 Å². The van der Waals surface area contributed by atoms with Crippen LogP contribution in [0.2, 0.25) is 0 Å². The van der Waals surface area contributed by atoms with Crippen molar-refractivity contribution >= 4 is 19.8 Å². The second kappa shape index (κ2) is 30.0. The van der Waals surface area contributed by atoms with Crippen LogP contribution in [0.15, 0.2) is 12.2 Å². The average Bonchev–Trinajstić information content (AvgIpc) is 3.35. The molecule has 0 aromatic heterocycles. The molecule has 0 heterocycles. The van der Waals surface area contributed by atoms with Crippen molar-refractivity contribution in [3.05, 3.63) is 12.2 Å². The molecule has 6 atom stereocenters. The van der Waals surface area contributed by atoms with Gasteiger partial charge in [0.2, 0.25) is 0 Å². The lowest BCUT2D eigenvalue weighted by molar-refractivity contribution is -0.161. The van der Waals surface area contributed by atoms with E-state index < -0.39 is 50.8 Å². The lowest BCUT2D eigenvalue weighted by atomic mass is 9.88. The molecular weight excluding hydrogens is 687 g/mol. The maximum atomic E-state index is 12.5. The number of hydrogen-bond donors (Lipinski definition) is 5. The topological polar surface area (TPSA) is 180 Å². The lowest BCUT2D eigenvalue weighted by Gasteiger charge is -2.21. The van der Waals surface area contributed by atoms with Crippen molar-refractivity contribution in [2.24, 2.45) is 17.8 Å². The van der Waals surface area contributed by atoms with Crippen molar-refractivity contribution in [2.75, 3.05) is 13.2 Å². The summed E-state index contributed by atoms with van der Waals surface area (Å²) in [6.07, 6.45) is 22.9. The van der Waals surface area contributed by atoms with E-state index in [0.717, 1.165) is 70.1 Å². The highest BCUT2D eigenvalue weighted by Gasteiger charge is 2.39. The predicted molar refractivity (Wildman–Crippen MR) is 204 cm³/mol. The van der Waals surface area contributed by atoms with Crippen molar-refractivity contribution in [1.82, 2.24) is 0 Å². The fraction of sp³-hybridized carbons (Fsp3) is 0.900. The summed E-state index contributed by atoms with van der Waals surface area (Å²) in [7, 11) is -4.81. The third-order valence-electron chi connectivity index (χ3n) is 10.1. The van der Waals surface area contributed by atoms with Crippen molar-refractivity contribution in [3.63, 3.8) is 0 Å². The molecule has 1 aliphatic carbocycles. The zero-order valence-electron chi connectivity index (χ0n) is 32.7. The van der Waals surface area contributed by atoms with Crippen molar-refractivity contribution in [2.45, 2.75) is 199 Å². The minimum Gasteiger partial charge on any atom is -0.462 e. The summed E-state index contributed by atoms with van der Waals surface area (Å²) in [4.78, 5) is 43.0. The van der Waals surface area contributed by atoms with Gasteiger partial charge in [0.15, 0.2) is 6.10 Å². The van der Waals surface area contributed by atoms with E-state index in [-0.39, 0.29) is 31.3 Å². The van der Waals surface area contributed by atoms with Gasteiger partial charge < -0.3 is 34.6 Å². The number of hydrogen-bond acceptors (Lipinski definition) is 9. The molecule has 0 bridgehead atoms. The van der Waals surface area contributed by atoms with Gasteiger partial charge in [-0.3, -0.25) is 14.1 Å². The number of esters is 2. The molecule has 0 unspecified atom stereocenters. The smallest absolute Gasteiger partial charge is 0.462 e. The van der Waals surface area contributed by atoms with Gasteiger partial charge in [-0.1, -0.05) is 142 Å². The van der Waals surface area contributed by atoms with E-state index in [9.17, 15) is 29.5 Å². The lowest BCUT2D eigenvalue weighted by Crippen LogP contribution is -2.29. The van der Waals surface area contributed by atoms with E-state index in [1.54, 1.807) is 6.08 Å². The molecule has 0 spiro atoms. The quantitative estimate of drug-likeness (QED) is 0.0187. The van der Waals surface area contributed by atoms with Crippen LogP contribution in [0, 0.1) is 17.8 Å². The van der Waals surface area contributed by atoms with Crippen molar-refractivity contribution < 1.29 is 53.3 Å². The monoisotopic (exact) mass is 763 g/mol. The molecule has 0 aromatic rings. The number of ether oxygens (including phenoxy) is 2. The van der Waals surface area contributed by atoms with Crippen LogP contribution in [-0.4, -0.2) is 74.7 Å². The molecule has 5 N–H and O–H groups in total. The second-order valence-corrected chi connectivity index (χ2v) is 16.7. The van der Waals surface area contributed by atoms with E-state index in [1.807, 2.05) is 6.08 Å². The fourth-order valence-corrected chi connectivity index (χ4v) is 7.31. The van der Waals surface area contributed by atoms with Crippen molar-refractivity contribution in [1.29, 1.82) is 0 Å². The molecule has 1 saturated carbocycles. The molecule has 1 fully saturated rings. The number of aliphatic hydroxyl groups is 3. The third kappa shape index (κ3) is 26.4. The first kappa shape index (κ1) is 48.7. The second-order valence-electron chi connectivity index (χ2n) is 15.4. The molecular formula is C40H75O11P. The van der Waals surface area contributed by atoms with Crippen LogP contribution >= 0.6 is 7.82 Å². The number of unbranched alkanes of at least 4 members (excludes halogenated alkanes) is 15. The number of carbonyl (C=O) groups is 2. The van der Waals surface area contributed by atoms with E-state index in [2.05, 4.69) is 25.3 Å². The Hall–Kier alpha value is -1.33. The third-order valence-corrected chi connectivity index (χ3v) is 10.5. The van der Waals surface area contributed by atoms with Gasteiger partial charge in [-0.25, -0.2) is 4.57 Å². The largest absolute Gasteiger partial charge is 0.469 e. The Kier molecular flexibility index (Phi) is 28.0. The first-order chi connectivity index (χ1) is 24.8. The summed E-state index contributed by atoms with van der Waals surface area (Å²) in [6.45, 7) is 5.72. The molecule has 0 aromatic carbocycles. The zero-order chi connectivity index (χ0) is 38.6. The molecule has 1 rings (SSSR count). The van der Waals surface area contributed by atoms with Crippen LogP contribution in [-0.2, 0) is 28.2 Å². The van der Waals surface area contributed by atoms with E-state index in [0.29, 0.717) is 25.7 Å². The molecule has 306 valence electrons. The standard InChI is InChI=1S/C40H75O11P/c1-4-5-17-23-33(41)27-28-36-35(37(42)29-38(36)43)24-19-15-16-21-26-40(45)51-34(31-50-52(46,47)48)30-49-39(44)25-20-14-12-10-8-6-7-9-11-13-18-22-32(2)3/h27-28,32-38,41-43H,4-26,29-31H2,1-3H3,(H2,46,47,48)/b28-27+/t33-,34+,35+,36+,37-,38+/m0/s1. The molecule has 1 aliphatic rings. The predicted octanol–water partition coefficient (Wildman–Crippen LogP) is 8.47. The van der Waals surface area contributed by atoms with Gasteiger partial charge in [-0.15, -0.1) is 0 Å². The zero-order valence-corrected chi connectivity index (χ0v) is 33.6. The molecule has 0 saturated heterocycles.